The molecule has 2 atom stereocenters. The van der Waals surface area contributed by atoms with Gasteiger partial charge in [0.2, 0.25) is 0 Å². The Morgan fingerprint density at radius 3 is 2.61 bits per heavy atom. The van der Waals surface area contributed by atoms with E-state index in [0.717, 1.165) is 11.2 Å². The summed E-state index contributed by atoms with van der Waals surface area (Å²) in [6, 6.07) is 9.69. The summed E-state index contributed by atoms with van der Waals surface area (Å²) in [7, 11) is 2.13. The Labute approximate surface area is 115 Å². The summed E-state index contributed by atoms with van der Waals surface area (Å²) < 4.78 is 0. The van der Waals surface area contributed by atoms with Crippen molar-refractivity contribution in [1.29, 1.82) is 0 Å². The molecule has 2 aliphatic rings. The van der Waals surface area contributed by atoms with Crippen molar-refractivity contribution in [2.75, 3.05) is 12.8 Å². The first-order valence-electron chi connectivity index (χ1n) is 7.28. The van der Waals surface area contributed by atoms with E-state index in [-0.39, 0.29) is 0 Å². The number of benzene rings is 1. The highest BCUT2D eigenvalue weighted by Crippen LogP contribution is 2.43. The maximum Gasteiger partial charge on any atom is 0.0441 e. The van der Waals surface area contributed by atoms with Gasteiger partial charge >= 0.3 is 0 Å². The fraction of sp³-hybridized carbons (Fsp3) is 0.625. The largest absolute Gasteiger partial charge is 0.312 e. The van der Waals surface area contributed by atoms with E-state index in [0.29, 0.717) is 6.04 Å². The lowest BCUT2D eigenvalue weighted by Crippen LogP contribution is -2.28. The Morgan fingerprint density at radius 1 is 1.17 bits per heavy atom. The first-order valence-corrected chi connectivity index (χ1v) is 8.32. The van der Waals surface area contributed by atoms with Crippen molar-refractivity contribution in [2.24, 2.45) is 0 Å². The maximum absolute atomic E-state index is 3.58. The SMILES string of the molecule is CNC(c1ccccc1C1CCC1)C1CCCS1. The van der Waals surface area contributed by atoms with E-state index in [1.54, 1.807) is 11.1 Å². The van der Waals surface area contributed by atoms with Crippen LogP contribution < -0.4 is 5.32 Å². The molecule has 2 unspecified atom stereocenters. The lowest BCUT2D eigenvalue weighted by molar-refractivity contribution is 0.411. The average molecular weight is 261 g/mol. The molecule has 1 nitrogen and oxygen atoms in total. The van der Waals surface area contributed by atoms with Crippen LogP contribution in [0.5, 0.6) is 0 Å². The van der Waals surface area contributed by atoms with Crippen LogP contribution in [0.2, 0.25) is 0 Å². The predicted molar refractivity (Wildman–Crippen MR) is 80.3 cm³/mol. The van der Waals surface area contributed by atoms with Crippen molar-refractivity contribution in [1.82, 2.24) is 5.32 Å². The Bertz CT molecular complexity index is 394. The Kier molecular flexibility index (Phi) is 3.95. The van der Waals surface area contributed by atoms with Gasteiger partial charge in [-0.25, -0.2) is 0 Å². The van der Waals surface area contributed by atoms with Gasteiger partial charge in [-0.3, -0.25) is 0 Å². The number of hydrogen-bond donors (Lipinski definition) is 1. The van der Waals surface area contributed by atoms with Gasteiger partial charge in [-0.2, -0.15) is 11.8 Å². The molecule has 18 heavy (non-hydrogen) atoms. The summed E-state index contributed by atoms with van der Waals surface area (Å²) in [6.45, 7) is 0. The third-order valence-corrected chi connectivity index (χ3v) is 5.98. The van der Waals surface area contributed by atoms with Crippen LogP contribution >= 0.6 is 11.8 Å². The molecule has 98 valence electrons. The van der Waals surface area contributed by atoms with E-state index in [1.807, 2.05) is 0 Å². The van der Waals surface area contributed by atoms with E-state index in [9.17, 15) is 0 Å². The molecule has 0 aromatic heterocycles. The minimum atomic E-state index is 0.550. The Balaban J connectivity index is 1.88. The van der Waals surface area contributed by atoms with Crippen LogP contribution in [0.4, 0.5) is 0 Å². The second-order valence-electron chi connectivity index (χ2n) is 5.57. The molecular formula is C16H23NS. The van der Waals surface area contributed by atoms with E-state index < -0.39 is 0 Å². The summed E-state index contributed by atoms with van der Waals surface area (Å²) in [5.74, 6) is 2.18. The van der Waals surface area contributed by atoms with E-state index in [1.165, 1.54) is 37.9 Å². The first-order chi connectivity index (χ1) is 8.90. The number of thioether (sulfide) groups is 1. The fourth-order valence-corrected chi connectivity index (χ4v) is 4.74. The van der Waals surface area contributed by atoms with Gasteiger partial charge in [-0.15, -0.1) is 0 Å². The van der Waals surface area contributed by atoms with Gasteiger partial charge in [-0.1, -0.05) is 30.7 Å². The third kappa shape index (κ3) is 2.33. The van der Waals surface area contributed by atoms with Crippen LogP contribution in [-0.2, 0) is 0 Å². The van der Waals surface area contributed by atoms with Crippen LogP contribution in [0.1, 0.15) is 55.2 Å². The highest BCUT2D eigenvalue weighted by Gasteiger charge is 2.30. The van der Waals surface area contributed by atoms with Gasteiger partial charge < -0.3 is 5.32 Å². The van der Waals surface area contributed by atoms with E-state index >= 15 is 0 Å². The second-order valence-corrected chi connectivity index (χ2v) is 6.92. The van der Waals surface area contributed by atoms with Crippen molar-refractivity contribution in [3.05, 3.63) is 35.4 Å². The van der Waals surface area contributed by atoms with Crippen LogP contribution in [0.3, 0.4) is 0 Å². The van der Waals surface area contributed by atoms with Gasteiger partial charge in [0.05, 0.1) is 0 Å². The molecule has 2 heteroatoms. The number of rotatable bonds is 4. The van der Waals surface area contributed by atoms with Crippen LogP contribution in [0.15, 0.2) is 24.3 Å². The fourth-order valence-electron chi connectivity index (χ4n) is 3.29. The van der Waals surface area contributed by atoms with Gasteiger partial charge in [0.1, 0.15) is 0 Å². The molecule has 3 rings (SSSR count). The molecule has 1 saturated carbocycles. The highest BCUT2D eigenvalue weighted by molar-refractivity contribution is 8.00. The normalized spacial score (nSPS) is 25.9. The zero-order valence-corrected chi connectivity index (χ0v) is 12.0. The molecule has 1 N–H and O–H groups in total. The molecule has 1 aromatic carbocycles. The van der Waals surface area contributed by atoms with Gasteiger partial charge in [0.15, 0.2) is 0 Å². The monoisotopic (exact) mass is 261 g/mol. The van der Waals surface area contributed by atoms with E-state index in [2.05, 4.69) is 48.4 Å². The van der Waals surface area contributed by atoms with Crippen LogP contribution in [-0.4, -0.2) is 18.1 Å². The molecule has 0 amide bonds. The third-order valence-electron chi connectivity index (χ3n) is 4.52. The molecule has 1 aromatic rings. The zero-order chi connectivity index (χ0) is 12.4. The average Bonchev–Trinajstić information content (AvgIpc) is 2.84. The highest BCUT2D eigenvalue weighted by atomic mass is 32.2. The molecule has 1 heterocycles. The molecule has 1 saturated heterocycles. The quantitative estimate of drug-likeness (QED) is 0.875. The Hall–Kier alpha value is -0.470. The van der Waals surface area contributed by atoms with Crippen molar-refractivity contribution in [2.45, 2.75) is 49.3 Å². The molecule has 2 fully saturated rings. The summed E-state index contributed by atoms with van der Waals surface area (Å²) in [6.07, 6.45) is 6.96. The molecule has 0 radical (unpaired) electrons. The van der Waals surface area contributed by atoms with Crippen LogP contribution in [0, 0.1) is 0 Å². The minimum absolute atomic E-state index is 0.550. The lowest BCUT2D eigenvalue weighted by atomic mass is 9.76. The van der Waals surface area contributed by atoms with Crippen molar-refractivity contribution >= 4 is 11.8 Å². The maximum atomic E-state index is 3.58. The molecule has 1 aliphatic carbocycles. The molecular weight excluding hydrogens is 238 g/mol. The van der Waals surface area contributed by atoms with E-state index in [4.69, 9.17) is 0 Å². The minimum Gasteiger partial charge on any atom is -0.312 e. The summed E-state index contributed by atoms with van der Waals surface area (Å²) >= 11 is 2.15. The topological polar surface area (TPSA) is 12.0 Å². The predicted octanol–water partition coefficient (Wildman–Crippen LogP) is 4.11. The standard InChI is InChI=1S/C16H23NS/c1-17-16(15-10-5-11-18-15)14-9-3-2-8-13(14)12-6-4-7-12/h2-3,8-9,12,15-17H,4-7,10-11H2,1H3. The summed E-state index contributed by atoms with van der Waals surface area (Å²) in [4.78, 5) is 0. The summed E-state index contributed by atoms with van der Waals surface area (Å²) in [5.41, 5.74) is 3.19. The van der Waals surface area contributed by atoms with Crippen molar-refractivity contribution in [3.63, 3.8) is 0 Å². The smallest absolute Gasteiger partial charge is 0.0441 e. The molecule has 0 bridgehead atoms. The van der Waals surface area contributed by atoms with Crippen LogP contribution in [0.25, 0.3) is 0 Å². The zero-order valence-electron chi connectivity index (χ0n) is 11.2. The van der Waals surface area contributed by atoms with Gasteiger partial charge in [0.25, 0.3) is 0 Å². The van der Waals surface area contributed by atoms with Gasteiger partial charge in [-0.05, 0) is 55.5 Å². The Morgan fingerprint density at radius 2 is 2.00 bits per heavy atom. The summed E-state index contributed by atoms with van der Waals surface area (Å²) in [5, 5.41) is 4.36. The first kappa shape index (κ1) is 12.6. The lowest BCUT2D eigenvalue weighted by Gasteiger charge is -2.32. The molecule has 1 aliphatic heterocycles. The number of hydrogen-bond acceptors (Lipinski definition) is 2. The molecule has 0 spiro atoms. The van der Waals surface area contributed by atoms with Crippen molar-refractivity contribution in [3.8, 4) is 0 Å². The van der Waals surface area contributed by atoms with Crippen molar-refractivity contribution < 1.29 is 0 Å². The second kappa shape index (κ2) is 5.66. The van der Waals surface area contributed by atoms with Gasteiger partial charge in [0, 0.05) is 11.3 Å². The number of nitrogens with one attached hydrogen (secondary N) is 1.